The molecule has 0 unspecified atom stereocenters. The predicted molar refractivity (Wildman–Crippen MR) is 117 cm³/mol. The smallest absolute Gasteiger partial charge is 0.335 e. The third kappa shape index (κ3) is 5.33. The van der Waals surface area contributed by atoms with Crippen LogP contribution in [-0.4, -0.2) is 32.5 Å². The molecule has 0 aromatic heterocycles. The summed E-state index contributed by atoms with van der Waals surface area (Å²) in [5, 5.41) is 11.6. The number of aromatic carboxylic acids is 1. The monoisotopic (exact) mass is 460 g/mol. The van der Waals surface area contributed by atoms with E-state index in [2.05, 4.69) is 10.0 Å². The fraction of sp³-hybridized carbons (Fsp3) is 0.0476. The number of rotatable bonds is 7. The Balaban J connectivity index is 1.85. The number of halogens is 1. The number of nitrogens with one attached hydrogen (secondary N) is 2. The molecule has 0 bridgehead atoms. The van der Waals surface area contributed by atoms with Crippen molar-refractivity contribution in [2.24, 2.45) is 0 Å². The number of benzene rings is 3. The lowest BCUT2D eigenvalue weighted by Gasteiger charge is -2.12. The number of hydrogen-bond donors (Lipinski definition) is 3. The number of anilines is 2. The molecule has 0 atom stereocenters. The molecule has 0 heterocycles. The number of ether oxygens (including phenoxy) is 1. The van der Waals surface area contributed by atoms with E-state index in [1.165, 1.54) is 55.6 Å². The summed E-state index contributed by atoms with van der Waals surface area (Å²) in [6.45, 7) is 0. The van der Waals surface area contributed by atoms with Crippen molar-refractivity contribution in [2.45, 2.75) is 4.90 Å². The lowest BCUT2D eigenvalue weighted by molar-refractivity contribution is 0.0696. The van der Waals surface area contributed by atoms with Gasteiger partial charge >= 0.3 is 5.97 Å². The van der Waals surface area contributed by atoms with Crippen LogP contribution in [0.2, 0.25) is 5.02 Å². The van der Waals surface area contributed by atoms with Crippen LogP contribution < -0.4 is 14.8 Å². The second-order valence-corrected chi connectivity index (χ2v) is 8.41. The zero-order valence-electron chi connectivity index (χ0n) is 16.1. The Kier molecular flexibility index (Phi) is 6.47. The second kappa shape index (κ2) is 9.07. The van der Waals surface area contributed by atoms with Gasteiger partial charge in [-0.25, -0.2) is 13.2 Å². The maximum Gasteiger partial charge on any atom is 0.335 e. The van der Waals surface area contributed by atoms with Gasteiger partial charge in [0.1, 0.15) is 5.75 Å². The minimum atomic E-state index is -4.00. The molecular formula is C21H17ClN2O6S. The SMILES string of the molecule is COc1ccc(NS(=O)(=O)c2ccc(Cl)c(C(=O)Nc3cccc(C(=O)O)c3)c2)cc1. The van der Waals surface area contributed by atoms with Crippen LogP contribution in [0.25, 0.3) is 0 Å². The lowest BCUT2D eigenvalue weighted by Crippen LogP contribution is -2.16. The Morgan fingerprint density at radius 2 is 1.68 bits per heavy atom. The molecule has 0 spiro atoms. The van der Waals surface area contributed by atoms with E-state index in [9.17, 15) is 18.0 Å². The van der Waals surface area contributed by atoms with E-state index in [1.54, 1.807) is 12.1 Å². The maximum atomic E-state index is 12.7. The van der Waals surface area contributed by atoms with E-state index in [-0.39, 0.29) is 26.7 Å². The fourth-order valence-corrected chi connectivity index (χ4v) is 3.93. The Morgan fingerprint density at radius 1 is 0.968 bits per heavy atom. The number of carbonyl (C=O) groups excluding carboxylic acids is 1. The predicted octanol–water partition coefficient (Wildman–Crippen LogP) is 4.10. The Labute approximate surface area is 183 Å². The summed E-state index contributed by atoms with van der Waals surface area (Å²) in [6, 6.07) is 15.6. The number of carbonyl (C=O) groups is 2. The van der Waals surface area contributed by atoms with Crippen LogP contribution in [0.3, 0.4) is 0 Å². The molecule has 3 N–H and O–H groups in total. The third-order valence-corrected chi connectivity index (χ3v) is 5.91. The fourth-order valence-electron chi connectivity index (χ4n) is 2.65. The van der Waals surface area contributed by atoms with Crippen molar-refractivity contribution in [1.82, 2.24) is 0 Å². The Hall–Kier alpha value is -3.56. The summed E-state index contributed by atoms with van der Waals surface area (Å²) in [5.41, 5.74) is 0.446. The van der Waals surface area contributed by atoms with Crippen molar-refractivity contribution < 1.29 is 27.9 Å². The number of amides is 1. The standard InChI is InChI=1S/C21H17ClN2O6S/c1-30-16-7-5-14(6-8-16)24-31(28,29)17-9-10-19(22)18(12-17)20(25)23-15-4-2-3-13(11-15)21(26)27/h2-12,24H,1H3,(H,23,25)(H,26,27). The molecule has 3 aromatic rings. The van der Waals surface area contributed by atoms with Gasteiger partial charge in [0.15, 0.2) is 0 Å². The van der Waals surface area contributed by atoms with Crippen molar-refractivity contribution in [1.29, 1.82) is 0 Å². The third-order valence-electron chi connectivity index (χ3n) is 4.20. The number of hydrogen-bond acceptors (Lipinski definition) is 5. The van der Waals surface area contributed by atoms with Gasteiger partial charge in [-0.15, -0.1) is 0 Å². The first-order chi connectivity index (χ1) is 14.7. The van der Waals surface area contributed by atoms with Crippen molar-refractivity contribution >= 4 is 44.9 Å². The topological polar surface area (TPSA) is 122 Å². The van der Waals surface area contributed by atoms with E-state index in [1.807, 2.05) is 0 Å². The van der Waals surface area contributed by atoms with E-state index >= 15 is 0 Å². The Bertz CT molecular complexity index is 1240. The molecule has 10 heteroatoms. The number of carboxylic acid groups (broad SMARTS) is 1. The number of sulfonamides is 1. The molecule has 0 radical (unpaired) electrons. The molecule has 0 aliphatic heterocycles. The summed E-state index contributed by atoms with van der Waals surface area (Å²) in [6.07, 6.45) is 0. The first-order valence-electron chi connectivity index (χ1n) is 8.81. The maximum absolute atomic E-state index is 12.7. The lowest BCUT2D eigenvalue weighted by atomic mass is 10.1. The highest BCUT2D eigenvalue weighted by atomic mass is 35.5. The molecule has 160 valence electrons. The zero-order valence-corrected chi connectivity index (χ0v) is 17.7. The van der Waals surface area contributed by atoms with E-state index in [0.717, 1.165) is 6.07 Å². The van der Waals surface area contributed by atoms with Crippen LogP contribution in [0.15, 0.2) is 71.6 Å². The highest BCUT2D eigenvalue weighted by Gasteiger charge is 2.19. The first kappa shape index (κ1) is 22.1. The van der Waals surface area contributed by atoms with Crippen molar-refractivity contribution in [3.05, 3.63) is 82.9 Å². The molecule has 0 aliphatic carbocycles. The van der Waals surface area contributed by atoms with Gasteiger partial charge in [-0.3, -0.25) is 9.52 Å². The van der Waals surface area contributed by atoms with Gasteiger partial charge in [-0.1, -0.05) is 17.7 Å². The quantitative estimate of drug-likeness (QED) is 0.488. The highest BCUT2D eigenvalue weighted by Crippen LogP contribution is 2.24. The molecule has 0 aliphatic rings. The normalized spacial score (nSPS) is 10.9. The molecule has 0 saturated carbocycles. The number of methoxy groups -OCH3 is 1. The van der Waals surface area contributed by atoms with Crippen LogP contribution >= 0.6 is 11.6 Å². The first-order valence-corrected chi connectivity index (χ1v) is 10.7. The molecular weight excluding hydrogens is 444 g/mol. The summed E-state index contributed by atoms with van der Waals surface area (Å²) >= 11 is 6.10. The minimum absolute atomic E-state index is 0.0103. The molecule has 0 fully saturated rings. The van der Waals surface area contributed by atoms with Crippen LogP contribution in [0.5, 0.6) is 5.75 Å². The van der Waals surface area contributed by atoms with Gasteiger partial charge in [-0.05, 0) is 60.7 Å². The highest BCUT2D eigenvalue weighted by molar-refractivity contribution is 7.92. The molecule has 3 rings (SSSR count). The van der Waals surface area contributed by atoms with Gasteiger partial charge in [0.2, 0.25) is 0 Å². The van der Waals surface area contributed by atoms with Gasteiger partial charge in [0, 0.05) is 11.4 Å². The van der Waals surface area contributed by atoms with Gasteiger partial charge in [0.05, 0.1) is 28.2 Å². The van der Waals surface area contributed by atoms with Crippen LogP contribution in [-0.2, 0) is 10.0 Å². The minimum Gasteiger partial charge on any atom is -0.497 e. The van der Waals surface area contributed by atoms with Crippen molar-refractivity contribution in [3.8, 4) is 5.75 Å². The van der Waals surface area contributed by atoms with Gasteiger partial charge in [0.25, 0.3) is 15.9 Å². The van der Waals surface area contributed by atoms with Gasteiger partial charge < -0.3 is 15.2 Å². The van der Waals surface area contributed by atoms with Crippen LogP contribution in [0.1, 0.15) is 20.7 Å². The average molecular weight is 461 g/mol. The zero-order chi connectivity index (χ0) is 22.6. The Morgan fingerprint density at radius 3 is 2.32 bits per heavy atom. The van der Waals surface area contributed by atoms with Crippen molar-refractivity contribution in [2.75, 3.05) is 17.1 Å². The number of carboxylic acids is 1. The molecule has 31 heavy (non-hydrogen) atoms. The van der Waals surface area contributed by atoms with Gasteiger partial charge in [-0.2, -0.15) is 0 Å². The van der Waals surface area contributed by atoms with E-state index in [0.29, 0.717) is 11.4 Å². The molecule has 3 aromatic carbocycles. The summed E-state index contributed by atoms with van der Waals surface area (Å²) in [4.78, 5) is 23.6. The molecule has 1 amide bonds. The summed E-state index contributed by atoms with van der Waals surface area (Å²) < 4.78 is 32.9. The van der Waals surface area contributed by atoms with Crippen molar-refractivity contribution in [3.63, 3.8) is 0 Å². The second-order valence-electron chi connectivity index (χ2n) is 6.32. The summed E-state index contributed by atoms with van der Waals surface area (Å²) in [7, 11) is -2.51. The molecule has 0 saturated heterocycles. The molecule has 8 nitrogen and oxygen atoms in total. The van der Waals surface area contributed by atoms with E-state index in [4.69, 9.17) is 21.4 Å². The van der Waals surface area contributed by atoms with E-state index < -0.39 is 21.9 Å². The summed E-state index contributed by atoms with van der Waals surface area (Å²) in [5.74, 6) is -1.26. The van der Waals surface area contributed by atoms with Crippen LogP contribution in [0, 0.1) is 0 Å². The van der Waals surface area contributed by atoms with Crippen LogP contribution in [0.4, 0.5) is 11.4 Å². The largest absolute Gasteiger partial charge is 0.497 e. The average Bonchev–Trinajstić information content (AvgIpc) is 2.74.